The van der Waals surface area contributed by atoms with Gasteiger partial charge in [-0.15, -0.1) is 0 Å². The molecule has 0 aliphatic carbocycles. The average Bonchev–Trinajstić information content (AvgIpc) is 2.30. The summed E-state index contributed by atoms with van der Waals surface area (Å²) in [5, 5.41) is 0. The zero-order valence-corrected chi connectivity index (χ0v) is 7.66. The van der Waals surface area contributed by atoms with Gasteiger partial charge < -0.3 is 9.47 Å². The average molecular weight is 170 g/mol. The van der Waals surface area contributed by atoms with Crippen molar-refractivity contribution in [1.29, 1.82) is 0 Å². The van der Waals surface area contributed by atoms with E-state index in [1.165, 1.54) is 0 Å². The molecule has 3 nitrogen and oxygen atoms in total. The predicted octanol–water partition coefficient (Wildman–Crippen LogP) is 1.28. The summed E-state index contributed by atoms with van der Waals surface area (Å²) in [6.45, 7) is 5.99. The molecule has 1 atom stereocenters. The van der Waals surface area contributed by atoms with Gasteiger partial charge in [0.1, 0.15) is 12.4 Å². The summed E-state index contributed by atoms with van der Waals surface area (Å²) < 4.78 is 10.8. The Bertz CT molecular complexity index is 206. The minimum absolute atomic E-state index is 0.0785. The molecular weight excluding hydrogens is 156 g/mol. The van der Waals surface area contributed by atoms with E-state index in [1.807, 2.05) is 13.8 Å². The van der Waals surface area contributed by atoms with Gasteiger partial charge in [0.25, 0.3) is 0 Å². The Morgan fingerprint density at radius 1 is 1.58 bits per heavy atom. The molecule has 3 heteroatoms. The van der Waals surface area contributed by atoms with E-state index >= 15 is 0 Å². The van der Waals surface area contributed by atoms with Gasteiger partial charge in [0, 0.05) is 0 Å². The van der Waals surface area contributed by atoms with E-state index < -0.39 is 5.79 Å². The monoisotopic (exact) mass is 170 g/mol. The Morgan fingerprint density at radius 2 is 2.25 bits per heavy atom. The normalized spacial score (nSPS) is 28.9. The minimum Gasteiger partial charge on any atom is -0.347 e. The smallest absolute Gasteiger partial charge is 0.163 e. The molecule has 1 heterocycles. The van der Waals surface area contributed by atoms with E-state index in [2.05, 4.69) is 0 Å². The summed E-state index contributed by atoms with van der Waals surface area (Å²) >= 11 is 0. The maximum absolute atomic E-state index is 10.3. The van der Waals surface area contributed by atoms with Crippen LogP contribution in [0, 0.1) is 0 Å². The molecule has 0 bridgehead atoms. The number of rotatable bonds is 2. The minimum atomic E-state index is -0.510. The lowest BCUT2D eigenvalue weighted by molar-refractivity contribution is -0.133. The van der Waals surface area contributed by atoms with Crippen molar-refractivity contribution in [2.45, 2.75) is 32.7 Å². The fourth-order valence-corrected chi connectivity index (χ4v) is 1.13. The Morgan fingerprint density at radius 3 is 2.67 bits per heavy atom. The molecule has 1 rings (SSSR count). The van der Waals surface area contributed by atoms with Crippen LogP contribution in [0.1, 0.15) is 20.8 Å². The highest BCUT2D eigenvalue weighted by atomic mass is 16.7. The third-order valence-electron chi connectivity index (χ3n) is 1.67. The van der Waals surface area contributed by atoms with E-state index in [-0.39, 0.29) is 6.10 Å². The first-order valence-electron chi connectivity index (χ1n) is 3.99. The van der Waals surface area contributed by atoms with E-state index in [9.17, 15) is 4.79 Å². The van der Waals surface area contributed by atoms with Gasteiger partial charge in [-0.2, -0.15) is 0 Å². The molecular formula is C9H14O3. The van der Waals surface area contributed by atoms with Crippen molar-refractivity contribution < 1.29 is 14.3 Å². The molecule has 0 spiro atoms. The summed E-state index contributed by atoms with van der Waals surface area (Å²) in [5.74, 6) is -0.510. The summed E-state index contributed by atoms with van der Waals surface area (Å²) in [7, 11) is 0. The molecule has 0 saturated carbocycles. The summed E-state index contributed by atoms with van der Waals surface area (Å²) in [4.78, 5) is 10.3. The fraction of sp³-hybridized carbons (Fsp3) is 0.667. The Hall–Kier alpha value is -0.670. The molecule has 1 aliphatic rings. The SMILES string of the molecule is C/C(C=O)=C\[C@H]1COC(C)(C)O1. The van der Waals surface area contributed by atoms with Crippen LogP contribution in [0.25, 0.3) is 0 Å². The Balaban J connectivity index is 2.53. The summed E-state index contributed by atoms with van der Waals surface area (Å²) in [5.41, 5.74) is 0.682. The van der Waals surface area contributed by atoms with Crippen LogP contribution in [0.3, 0.4) is 0 Å². The van der Waals surface area contributed by atoms with Crippen molar-refractivity contribution in [2.75, 3.05) is 6.61 Å². The van der Waals surface area contributed by atoms with Crippen LogP contribution in [0.2, 0.25) is 0 Å². The molecule has 0 aromatic carbocycles. The second-order valence-electron chi connectivity index (χ2n) is 3.40. The van der Waals surface area contributed by atoms with Crippen LogP contribution in [0.5, 0.6) is 0 Å². The molecule has 0 amide bonds. The highest BCUT2D eigenvalue weighted by Gasteiger charge is 2.31. The van der Waals surface area contributed by atoms with Crippen LogP contribution in [0.15, 0.2) is 11.6 Å². The van der Waals surface area contributed by atoms with Crippen molar-refractivity contribution in [1.82, 2.24) is 0 Å². The second kappa shape index (κ2) is 3.37. The maximum atomic E-state index is 10.3. The van der Waals surface area contributed by atoms with Crippen molar-refractivity contribution in [3.8, 4) is 0 Å². The molecule has 0 unspecified atom stereocenters. The lowest BCUT2D eigenvalue weighted by Crippen LogP contribution is -2.20. The number of carbonyl (C=O) groups is 1. The molecule has 0 aromatic heterocycles. The van der Waals surface area contributed by atoms with Gasteiger partial charge in [-0.1, -0.05) is 0 Å². The largest absolute Gasteiger partial charge is 0.347 e. The van der Waals surface area contributed by atoms with Gasteiger partial charge in [-0.3, -0.25) is 4.79 Å². The first-order chi connectivity index (χ1) is 5.53. The second-order valence-corrected chi connectivity index (χ2v) is 3.40. The van der Waals surface area contributed by atoms with Crippen molar-refractivity contribution in [3.05, 3.63) is 11.6 Å². The van der Waals surface area contributed by atoms with Gasteiger partial charge in [-0.05, 0) is 32.4 Å². The van der Waals surface area contributed by atoms with Crippen LogP contribution in [-0.4, -0.2) is 24.8 Å². The lowest BCUT2D eigenvalue weighted by Gasteiger charge is -2.15. The Labute approximate surface area is 72.4 Å². The molecule has 0 radical (unpaired) electrons. The highest BCUT2D eigenvalue weighted by molar-refractivity contribution is 5.72. The standard InChI is InChI=1S/C9H14O3/c1-7(5-10)4-8-6-11-9(2,3)12-8/h4-5,8H,6H2,1-3H3/b7-4+/t8-/m0/s1. The van der Waals surface area contributed by atoms with Crippen LogP contribution in [0.4, 0.5) is 0 Å². The maximum Gasteiger partial charge on any atom is 0.163 e. The molecule has 0 aromatic rings. The van der Waals surface area contributed by atoms with E-state index in [1.54, 1.807) is 13.0 Å². The lowest BCUT2D eigenvalue weighted by atomic mass is 10.2. The topological polar surface area (TPSA) is 35.5 Å². The molecule has 0 N–H and O–H groups in total. The first-order valence-corrected chi connectivity index (χ1v) is 3.99. The number of hydrogen-bond acceptors (Lipinski definition) is 3. The van der Waals surface area contributed by atoms with Crippen molar-refractivity contribution in [2.24, 2.45) is 0 Å². The predicted molar refractivity (Wildman–Crippen MR) is 44.7 cm³/mol. The van der Waals surface area contributed by atoms with Crippen LogP contribution >= 0.6 is 0 Å². The van der Waals surface area contributed by atoms with Gasteiger partial charge >= 0.3 is 0 Å². The number of ether oxygens (including phenoxy) is 2. The zero-order valence-electron chi connectivity index (χ0n) is 7.66. The third kappa shape index (κ3) is 2.43. The summed E-state index contributed by atoms with van der Waals surface area (Å²) in [6, 6.07) is 0. The molecule has 1 aliphatic heterocycles. The first kappa shape index (κ1) is 9.42. The highest BCUT2D eigenvalue weighted by Crippen LogP contribution is 2.23. The Kier molecular flexibility index (Phi) is 2.65. The molecule has 68 valence electrons. The quantitative estimate of drug-likeness (QED) is 0.462. The number of allylic oxidation sites excluding steroid dienone is 1. The number of hydrogen-bond donors (Lipinski definition) is 0. The molecule has 1 fully saturated rings. The van der Waals surface area contributed by atoms with Crippen molar-refractivity contribution >= 4 is 6.29 Å². The van der Waals surface area contributed by atoms with E-state index in [0.29, 0.717) is 12.2 Å². The van der Waals surface area contributed by atoms with E-state index in [0.717, 1.165) is 6.29 Å². The van der Waals surface area contributed by atoms with Crippen LogP contribution < -0.4 is 0 Å². The fourth-order valence-electron chi connectivity index (χ4n) is 1.13. The third-order valence-corrected chi connectivity index (χ3v) is 1.67. The van der Waals surface area contributed by atoms with E-state index in [4.69, 9.17) is 9.47 Å². The zero-order chi connectivity index (χ0) is 9.19. The summed E-state index contributed by atoms with van der Waals surface area (Å²) in [6.07, 6.45) is 2.52. The van der Waals surface area contributed by atoms with Crippen molar-refractivity contribution in [3.63, 3.8) is 0 Å². The van der Waals surface area contributed by atoms with Gasteiger partial charge in [0.05, 0.1) is 6.61 Å². The van der Waals surface area contributed by atoms with Gasteiger partial charge in [0.15, 0.2) is 5.79 Å². The number of carbonyl (C=O) groups excluding carboxylic acids is 1. The molecule has 1 saturated heterocycles. The van der Waals surface area contributed by atoms with Crippen LogP contribution in [-0.2, 0) is 14.3 Å². The number of aldehydes is 1. The molecule has 12 heavy (non-hydrogen) atoms. The van der Waals surface area contributed by atoms with Gasteiger partial charge in [0.2, 0.25) is 0 Å². The van der Waals surface area contributed by atoms with Gasteiger partial charge in [-0.25, -0.2) is 0 Å².